The molecule has 140 valence electrons. The molecule has 0 atom stereocenters. The lowest BCUT2D eigenvalue weighted by Crippen LogP contribution is -2.24. The Balaban J connectivity index is 1.31. The molecule has 28 heavy (non-hydrogen) atoms. The van der Waals surface area contributed by atoms with Crippen LogP contribution in [0.25, 0.3) is 22.0 Å². The summed E-state index contributed by atoms with van der Waals surface area (Å²) in [6.07, 6.45) is 6.76. The van der Waals surface area contributed by atoms with Gasteiger partial charge in [-0.1, -0.05) is 42.5 Å². The van der Waals surface area contributed by atoms with Crippen LogP contribution in [0.5, 0.6) is 0 Å². The molecule has 0 aliphatic carbocycles. The van der Waals surface area contributed by atoms with Crippen molar-refractivity contribution in [2.24, 2.45) is 0 Å². The number of hydrogen-bond acceptors (Lipinski definition) is 2. The number of H-pyrrole nitrogens is 1. The fraction of sp³-hybridized carbons (Fsp3) is 0.130. The first-order valence-corrected chi connectivity index (χ1v) is 9.25. The number of carbonyl (C=O) groups is 1. The third-order valence-electron chi connectivity index (χ3n) is 4.79. The van der Waals surface area contributed by atoms with Gasteiger partial charge in [0.05, 0.1) is 5.56 Å². The summed E-state index contributed by atoms with van der Waals surface area (Å²) < 4.78 is 13.9. The molecule has 0 aliphatic heterocycles. The molecular formula is C23H20FN3O. The quantitative estimate of drug-likeness (QED) is 0.480. The van der Waals surface area contributed by atoms with Gasteiger partial charge in [-0.15, -0.1) is 0 Å². The van der Waals surface area contributed by atoms with E-state index in [1.165, 1.54) is 6.07 Å². The Morgan fingerprint density at radius 2 is 1.89 bits per heavy atom. The number of benzene rings is 2. The number of aromatic amines is 1. The van der Waals surface area contributed by atoms with Crippen LogP contribution in [0.2, 0.25) is 0 Å². The highest BCUT2D eigenvalue weighted by Crippen LogP contribution is 2.23. The lowest BCUT2D eigenvalue weighted by atomic mass is 10.0. The van der Waals surface area contributed by atoms with Crippen LogP contribution in [0.1, 0.15) is 22.3 Å². The van der Waals surface area contributed by atoms with Crippen LogP contribution in [0.15, 0.2) is 73.2 Å². The first-order chi connectivity index (χ1) is 13.7. The predicted octanol–water partition coefficient (Wildman–Crippen LogP) is 4.73. The number of aromatic nitrogens is 2. The molecule has 4 nitrogen and oxygen atoms in total. The number of hydrogen-bond donors (Lipinski definition) is 2. The van der Waals surface area contributed by atoms with E-state index in [-0.39, 0.29) is 11.7 Å². The number of nitrogens with one attached hydrogen (secondary N) is 2. The standard InChI is InChI=1S/C23H20FN3O/c24-21-6-2-1-5-18(21)17-9-7-16(8-10-17)4-3-12-26-23(28)20-15-27-22-11-13-25-14-19(20)22/h1-2,5-11,13-15,27H,3-4,12H2,(H,26,28). The zero-order valence-corrected chi connectivity index (χ0v) is 15.3. The molecular weight excluding hydrogens is 353 g/mol. The third kappa shape index (κ3) is 3.78. The SMILES string of the molecule is O=C(NCCCc1ccc(-c2ccccc2F)cc1)c1c[nH]c2ccncc12. The number of aryl methyl sites for hydroxylation is 1. The number of carbonyl (C=O) groups excluding carboxylic acids is 1. The summed E-state index contributed by atoms with van der Waals surface area (Å²) in [5.74, 6) is -0.320. The molecule has 0 bridgehead atoms. The topological polar surface area (TPSA) is 57.8 Å². The van der Waals surface area contributed by atoms with Crippen LogP contribution in [-0.4, -0.2) is 22.4 Å². The number of rotatable bonds is 6. The lowest BCUT2D eigenvalue weighted by molar-refractivity contribution is 0.0955. The van der Waals surface area contributed by atoms with E-state index in [1.807, 2.05) is 36.4 Å². The Hall–Kier alpha value is -3.47. The largest absolute Gasteiger partial charge is 0.360 e. The van der Waals surface area contributed by atoms with Crippen LogP contribution in [0.3, 0.4) is 0 Å². The molecule has 2 heterocycles. The Bertz CT molecular complexity index is 1100. The Morgan fingerprint density at radius 1 is 1.07 bits per heavy atom. The first-order valence-electron chi connectivity index (χ1n) is 9.25. The van der Waals surface area contributed by atoms with E-state index in [0.717, 1.165) is 34.9 Å². The van der Waals surface area contributed by atoms with Gasteiger partial charge < -0.3 is 10.3 Å². The van der Waals surface area contributed by atoms with Gasteiger partial charge in [-0.25, -0.2) is 4.39 Å². The molecule has 0 fully saturated rings. The summed E-state index contributed by atoms with van der Waals surface area (Å²) in [4.78, 5) is 19.5. The number of fused-ring (bicyclic) bond motifs is 1. The number of halogens is 1. The predicted molar refractivity (Wildman–Crippen MR) is 109 cm³/mol. The van der Waals surface area contributed by atoms with Gasteiger partial charge in [0.15, 0.2) is 0 Å². The zero-order valence-electron chi connectivity index (χ0n) is 15.3. The summed E-state index contributed by atoms with van der Waals surface area (Å²) in [6.45, 7) is 0.584. The second-order valence-electron chi connectivity index (χ2n) is 6.66. The number of nitrogens with zero attached hydrogens (tertiary/aromatic N) is 1. The second kappa shape index (κ2) is 8.05. The van der Waals surface area contributed by atoms with Gasteiger partial charge in [-0.05, 0) is 36.1 Å². The smallest absolute Gasteiger partial charge is 0.253 e. The van der Waals surface area contributed by atoms with Gasteiger partial charge in [-0.2, -0.15) is 0 Å². The normalized spacial score (nSPS) is 10.9. The van der Waals surface area contributed by atoms with E-state index in [2.05, 4.69) is 15.3 Å². The van der Waals surface area contributed by atoms with Crippen LogP contribution >= 0.6 is 0 Å². The fourth-order valence-corrected chi connectivity index (χ4v) is 3.29. The van der Waals surface area contributed by atoms with Crippen LogP contribution in [-0.2, 0) is 6.42 Å². The van der Waals surface area contributed by atoms with Crippen molar-refractivity contribution in [2.75, 3.05) is 6.54 Å². The van der Waals surface area contributed by atoms with Gasteiger partial charge in [-0.3, -0.25) is 9.78 Å². The van der Waals surface area contributed by atoms with Crippen molar-refractivity contribution < 1.29 is 9.18 Å². The molecule has 0 saturated heterocycles. The average Bonchev–Trinajstić information content (AvgIpc) is 3.16. The Morgan fingerprint density at radius 3 is 2.71 bits per heavy atom. The van der Waals surface area contributed by atoms with Gasteiger partial charge in [0.1, 0.15) is 5.82 Å². The summed E-state index contributed by atoms with van der Waals surface area (Å²) in [6, 6.07) is 16.5. The van der Waals surface area contributed by atoms with Crippen molar-refractivity contribution in [3.63, 3.8) is 0 Å². The molecule has 2 aromatic heterocycles. The molecule has 2 N–H and O–H groups in total. The monoisotopic (exact) mass is 373 g/mol. The van der Waals surface area contributed by atoms with Crippen molar-refractivity contribution in [1.29, 1.82) is 0 Å². The van der Waals surface area contributed by atoms with Crippen molar-refractivity contribution in [2.45, 2.75) is 12.8 Å². The minimum atomic E-state index is -0.217. The molecule has 0 spiro atoms. The summed E-state index contributed by atoms with van der Waals surface area (Å²) in [7, 11) is 0. The second-order valence-corrected chi connectivity index (χ2v) is 6.66. The van der Waals surface area contributed by atoms with Crippen molar-refractivity contribution in [1.82, 2.24) is 15.3 Å². The maximum Gasteiger partial charge on any atom is 0.253 e. The number of amides is 1. The van der Waals surface area contributed by atoms with E-state index in [0.29, 0.717) is 17.7 Å². The van der Waals surface area contributed by atoms with E-state index in [4.69, 9.17) is 0 Å². The van der Waals surface area contributed by atoms with E-state index < -0.39 is 0 Å². The van der Waals surface area contributed by atoms with Crippen LogP contribution in [0.4, 0.5) is 4.39 Å². The summed E-state index contributed by atoms with van der Waals surface area (Å²) in [5, 5.41) is 3.78. The molecule has 4 aromatic rings. The molecule has 0 radical (unpaired) electrons. The average molecular weight is 373 g/mol. The number of pyridine rings is 1. The molecule has 5 heteroatoms. The minimum Gasteiger partial charge on any atom is -0.360 e. The third-order valence-corrected chi connectivity index (χ3v) is 4.79. The first kappa shape index (κ1) is 17.9. The van der Waals surface area contributed by atoms with Crippen molar-refractivity contribution >= 4 is 16.8 Å². The van der Waals surface area contributed by atoms with Gasteiger partial charge >= 0.3 is 0 Å². The fourth-order valence-electron chi connectivity index (χ4n) is 3.29. The Kier molecular flexibility index (Phi) is 5.15. The molecule has 0 saturated carbocycles. The van der Waals surface area contributed by atoms with Gasteiger partial charge in [0, 0.05) is 41.6 Å². The maximum atomic E-state index is 13.9. The molecule has 0 aliphatic rings. The van der Waals surface area contributed by atoms with Crippen molar-refractivity contribution in [3.8, 4) is 11.1 Å². The van der Waals surface area contributed by atoms with E-state index in [9.17, 15) is 9.18 Å². The van der Waals surface area contributed by atoms with Crippen molar-refractivity contribution in [3.05, 3.63) is 90.1 Å². The highest BCUT2D eigenvalue weighted by atomic mass is 19.1. The van der Waals surface area contributed by atoms with Gasteiger partial charge in [0.25, 0.3) is 5.91 Å². The highest BCUT2D eigenvalue weighted by molar-refractivity contribution is 6.06. The molecule has 4 rings (SSSR count). The molecule has 2 aromatic carbocycles. The van der Waals surface area contributed by atoms with Crippen LogP contribution < -0.4 is 5.32 Å². The summed E-state index contributed by atoms with van der Waals surface area (Å²) in [5.41, 5.74) is 4.13. The zero-order chi connectivity index (χ0) is 19.3. The van der Waals surface area contributed by atoms with E-state index in [1.54, 1.807) is 30.7 Å². The van der Waals surface area contributed by atoms with Crippen LogP contribution in [0, 0.1) is 5.82 Å². The maximum absolute atomic E-state index is 13.9. The lowest BCUT2D eigenvalue weighted by Gasteiger charge is -2.07. The highest BCUT2D eigenvalue weighted by Gasteiger charge is 2.11. The summed E-state index contributed by atoms with van der Waals surface area (Å²) >= 11 is 0. The molecule has 1 amide bonds. The minimum absolute atomic E-state index is 0.103. The Labute approximate surface area is 162 Å². The van der Waals surface area contributed by atoms with E-state index >= 15 is 0 Å². The van der Waals surface area contributed by atoms with Gasteiger partial charge in [0.2, 0.25) is 0 Å². The molecule has 0 unspecified atom stereocenters.